The summed E-state index contributed by atoms with van der Waals surface area (Å²) in [5.74, 6) is 2.57. The molecule has 1 aliphatic rings. The molecule has 1 aromatic heterocycles. The van der Waals surface area contributed by atoms with Crippen LogP contribution in [0.3, 0.4) is 0 Å². The van der Waals surface area contributed by atoms with Crippen molar-refractivity contribution < 1.29 is 22.6 Å². The van der Waals surface area contributed by atoms with Gasteiger partial charge in [-0.2, -0.15) is 13.2 Å². The normalized spacial score (nSPS) is 14.6. The predicted molar refractivity (Wildman–Crippen MR) is 146 cm³/mol. The predicted octanol–water partition coefficient (Wildman–Crippen LogP) is 6.60. The second-order valence-corrected chi connectivity index (χ2v) is 9.68. The largest absolute Gasteiger partial charge is 0.492 e. The minimum absolute atomic E-state index is 0.343. The number of halogens is 3. The molecule has 0 bridgehead atoms. The molecule has 1 N–H and O–H groups in total. The van der Waals surface area contributed by atoms with Gasteiger partial charge in [0.25, 0.3) is 0 Å². The highest BCUT2D eigenvalue weighted by Crippen LogP contribution is 2.33. The molecular formula is C30H33F3N4O2. The van der Waals surface area contributed by atoms with E-state index in [0.717, 1.165) is 92.4 Å². The number of unbranched alkanes of at least 4 members (excludes halogenated alkanes) is 1. The molecular weight excluding hydrogens is 505 g/mol. The molecule has 1 aliphatic heterocycles. The molecule has 39 heavy (non-hydrogen) atoms. The minimum atomic E-state index is -4.37. The van der Waals surface area contributed by atoms with Crippen LogP contribution in [0.15, 0.2) is 66.7 Å². The van der Waals surface area contributed by atoms with Gasteiger partial charge >= 0.3 is 6.18 Å². The SMILES string of the molecule is CCCCn1c(-c2ccc(Oc3ccc(C(F)(F)F)cc3)cc2)nc2ccc(OCCN3CCNCC3)cc21. The Morgan fingerprint density at radius 2 is 1.54 bits per heavy atom. The van der Waals surface area contributed by atoms with Gasteiger partial charge < -0.3 is 19.4 Å². The Morgan fingerprint density at radius 3 is 2.21 bits per heavy atom. The van der Waals surface area contributed by atoms with Crippen LogP contribution >= 0.6 is 0 Å². The van der Waals surface area contributed by atoms with Gasteiger partial charge in [0, 0.05) is 50.9 Å². The molecule has 1 saturated heterocycles. The number of benzene rings is 3. The van der Waals surface area contributed by atoms with Crippen LogP contribution in [0.5, 0.6) is 17.2 Å². The average Bonchev–Trinajstić information content (AvgIpc) is 3.30. The zero-order valence-electron chi connectivity index (χ0n) is 22.0. The van der Waals surface area contributed by atoms with Crippen LogP contribution in [0.1, 0.15) is 25.3 Å². The molecule has 9 heteroatoms. The van der Waals surface area contributed by atoms with Crippen molar-refractivity contribution in [1.82, 2.24) is 19.8 Å². The molecule has 0 spiro atoms. The highest BCUT2D eigenvalue weighted by atomic mass is 19.4. The molecule has 0 radical (unpaired) electrons. The summed E-state index contributed by atoms with van der Waals surface area (Å²) in [4.78, 5) is 7.33. The lowest BCUT2D eigenvalue weighted by atomic mass is 10.2. The first-order valence-electron chi connectivity index (χ1n) is 13.4. The molecule has 3 aromatic carbocycles. The number of piperazine rings is 1. The molecule has 5 rings (SSSR count). The highest BCUT2D eigenvalue weighted by molar-refractivity contribution is 5.82. The molecule has 0 amide bonds. The van der Waals surface area contributed by atoms with E-state index in [1.165, 1.54) is 12.1 Å². The van der Waals surface area contributed by atoms with Crippen LogP contribution in [0, 0.1) is 0 Å². The van der Waals surface area contributed by atoms with E-state index in [-0.39, 0.29) is 0 Å². The summed E-state index contributed by atoms with van der Waals surface area (Å²) in [6, 6.07) is 18.2. The number of aryl methyl sites for hydroxylation is 1. The molecule has 0 unspecified atom stereocenters. The standard InChI is InChI=1S/C30H33F3N4O2/c1-2-3-16-37-28-21-26(38-20-19-36-17-14-34-15-18-36)12-13-27(28)35-29(37)22-4-8-24(9-5-22)39-25-10-6-23(7-11-25)30(31,32)33/h4-13,21,34H,2-3,14-20H2,1H3. The summed E-state index contributed by atoms with van der Waals surface area (Å²) >= 11 is 0. The number of rotatable bonds is 10. The second kappa shape index (κ2) is 12.1. The second-order valence-electron chi connectivity index (χ2n) is 9.68. The molecule has 1 fully saturated rings. The van der Waals surface area contributed by atoms with E-state index in [4.69, 9.17) is 14.5 Å². The lowest BCUT2D eigenvalue weighted by Gasteiger charge is -2.26. The maximum atomic E-state index is 12.8. The van der Waals surface area contributed by atoms with Crippen LogP contribution in [0.25, 0.3) is 22.4 Å². The lowest BCUT2D eigenvalue weighted by molar-refractivity contribution is -0.137. The van der Waals surface area contributed by atoms with Gasteiger partial charge in [0.15, 0.2) is 0 Å². The van der Waals surface area contributed by atoms with Crippen LogP contribution in [0.2, 0.25) is 0 Å². The smallest absolute Gasteiger partial charge is 0.416 e. The Balaban J connectivity index is 1.32. The van der Waals surface area contributed by atoms with Crippen LogP contribution in [-0.2, 0) is 12.7 Å². The Bertz CT molecular complexity index is 1360. The van der Waals surface area contributed by atoms with Gasteiger partial charge in [-0.05, 0) is 67.1 Å². The number of ether oxygens (including phenoxy) is 2. The number of alkyl halides is 3. The fraction of sp³-hybridized carbons (Fsp3) is 0.367. The fourth-order valence-corrected chi connectivity index (χ4v) is 4.70. The summed E-state index contributed by atoms with van der Waals surface area (Å²) in [5.41, 5.74) is 2.16. The van der Waals surface area contributed by atoms with E-state index in [0.29, 0.717) is 18.1 Å². The van der Waals surface area contributed by atoms with Crippen molar-refractivity contribution in [2.75, 3.05) is 39.3 Å². The topological polar surface area (TPSA) is 51.6 Å². The maximum Gasteiger partial charge on any atom is 0.416 e. The quantitative estimate of drug-likeness (QED) is 0.247. The van der Waals surface area contributed by atoms with Crippen molar-refractivity contribution in [3.05, 3.63) is 72.3 Å². The van der Waals surface area contributed by atoms with E-state index in [1.807, 2.05) is 24.3 Å². The summed E-state index contributed by atoms with van der Waals surface area (Å²) in [7, 11) is 0. The highest BCUT2D eigenvalue weighted by Gasteiger charge is 2.30. The number of nitrogens with one attached hydrogen (secondary N) is 1. The van der Waals surface area contributed by atoms with Gasteiger partial charge in [-0.25, -0.2) is 4.98 Å². The van der Waals surface area contributed by atoms with E-state index in [2.05, 4.69) is 27.8 Å². The van der Waals surface area contributed by atoms with Crippen LogP contribution in [-0.4, -0.2) is 53.8 Å². The number of fused-ring (bicyclic) bond motifs is 1. The van der Waals surface area contributed by atoms with E-state index >= 15 is 0 Å². The first-order chi connectivity index (χ1) is 18.9. The summed E-state index contributed by atoms with van der Waals surface area (Å²) in [5, 5.41) is 3.37. The van der Waals surface area contributed by atoms with Gasteiger partial charge in [0.05, 0.1) is 16.6 Å². The van der Waals surface area contributed by atoms with Crippen molar-refractivity contribution in [2.24, 2.45) is 0 Å². The van der Waals surface area contributed by atoms with E-state index < -0.39 is 11.7 Å². The Kier molecular flexibility index (Phi) is 8.38. The van der Waals surface area contributed by atoms with Crippen LogP contribution in [0.4, 0.5) is 13.2 Å². The number of imidazole rings is 1. The Hall–Kier alpha value is -3.56. The summed E-state index contributed by atoms with van der Waals surface area (Å²) in [6.07, 6.45) is -2.30. The zero-order chi connectivity index (χ0) is 27.2. The third kappa shape index (κ3) is 6.72. The zero-order valence-corrected chi connectivity index (χ0v) is 22.0. The van der Waals surface area contributed by atoms with Gasteiger partial charge in [0.2, 0.25) is 0 Å². The Morgan fingerprint density at radius 1 is 0.872 bits per heavy atom. The fourth-order valence-electron chi connectivity index (χ4n) is 4.70. The third-order valence-electron chi connectivity index (χ3n) is 6.87. The summed E-state index contributed by atoms with van der Waals surface area (Å²) in [6.45, 7) is 8.67. The van der Waals surface area contributed by atoms with Crippen LogP contribution < -0.4 is 14.8 Å². The minimum Gasteiger partial charge on any atom is -0.492 e. The molecule has 6 nitrogen and oxygen atoms in total. The number of hydrogen-bond donors (Lipinski definition) is 1. The van der Waals surface area contributed by atoms with Crippen molar-refractivity contribution in [3.8, 4) is 28.6 Å². The monoisotopic (exact) mass is 538 g/mol. The van der Waals surface area contributed by atoms with Crippen molar-refractivity contribution in [2.45, 2.75) is 32.5 Å². The molecule has 0 atom stereocenters. The molecule has 0 saturated carbocycles. The summed E-state index contributed by atoms with van der Waals surface area (Å²) < 4.78 is 52.6. The van der Waals surface area contributed by atoms with Gasteiger partial charge in [-0.1, -0.05) is 13.3 Å². The number of hydrogen-bond acceptors (Lipinski definition) is 5. The molecule has 0 aliphatic carbocycles. The number of nitrogens with zero attached hydrogens (tertiary/aromatic N) is 3. The molecule has 4 aromatic rings. The van der Waals surface area contributed by atoms with Crippen molar-refractivity contribution in [3.63, 3.8) is 0 Å². The van der Waals surface area contributed by atoms with E-state index in [9.17, 15) is 13.2 Å². The maximum absolute atomic E-state index is 12.8. The van der Waals surface area contributed by atoms with Gasteiger partial charge in [0.1, 0.15) is 29.7 Å². The van der Waals surface area contributed by atoms with Gasteiger partial charge in [-0.3, -0.25) is 4.90 Å². The number of aromatic nitrogens is 2. The Labute approximate surface area is 226 Å². The van der Waals surface area contributed by atoms with Gasteiger partial charge in [-0.15, -0.1) is 0 Å². The van der Waals surface area contributed by atoms with E-state index in [1.54, 1.807) is 12.1 Å². The first kappa shape index (κ1) is 27.0. The average molecular weight is 539 g/mol. The first-order valence-corrected chi connectivity index (χ1v) is 13.4. The van der Waals surface area contributed by atoms with Crippen molar-refractivity contribution >= 4 is 11.0 Å². The van der Waals surface area contributed by atoms with Crippen molar-refractivity contribution in [1.29, 1.82) is 0 Å². The molecule has 206 valence electrons. The third-order valence-corrected chi connectivity index (χ3v) is 6.87. The lowest BCUT2D eigenvalue weighted by Crippen LogP contribution is -2.44. The molecule has 2 heterocycles.